The van der Waals surface area contributed by atoms with Crippen molar-refractivity contribution >= 4 is 62.5 Å². The molecule has 0 atom stereocenters. The van der Waals surface area contributed by atoms with Gasteiger partial charge in [-0.2, -0.15) is 4.33 Å². The molecule has 0 aliphatic heterocycles. The summed E-state index contributed by atoms with van der Waals surface area (Å²) in [6.07, 6.45) is 1.83. The van der Waals surface area contributed by atoms with E-state index in [-0.39, 0.29) is 23.2 Å². The van der Waals surface area contributed by atoms with Crippen molar-refractivity contribution in [3.8, 4) is 21.9 Å². The highest BCUT2D eigenvalue weighted by Gasteiger charge is 2.14. The van der Waals surface area contributed by atoms with Crippen LogP contribution in [0.15, 0.2) is 91.1 Å². The summed E-state index contributed by atoms with van der Waals surface area (Å²) in [7, 11) is 1.48. The third kappa shape index (κ3) is 8.82. The molecular formula is C32H29FN4O4S3. The van der Waals surface area contributed by atoms with Gasteiger partial charge in [0.1, 0.15) is 5.75 Å². The van der Waals surface area contributed by atoms with E-state index in [9.17, 15) is 4.79 Å². The summed E-state index contributed by atoms with van der Waals surface area (Å²) in [4.78, 5) is 22.3. The van der Waals surface area contributed by atoms with Crippen LogP contribution in [-0.2, 0) is 27.0 Å². The number of thiocarbonyl (C=S) groups is 1. The first-order valence-electron chi connectivity index (χ1n) is 13.6. The number of carbonyl (C=O) groups is 1. The minimum Gasteiger partial charge on any atom is -0.453 e. The Morgan fingerprint density at radius 1 is 1.00 bits per heavy atom. The van der Waals surface area contributed by atoms with Crippen LogP contribution in [0.1, 0.15) is 11.1 Å². The molecule has 0 saturated carbocycles. The summed E-state index contributed by atoms with van der Waals surface area (Å²) in [6.45, 7) is 1.54. The summed E-state index contributed by atoms with van der Waals surface area (Å²) in [6, 6.07) is 25.8. The number of fused-ring (bicyclic) bond motifs is 1. The molecule has 5 rings (SSSR count). The zero-order valence-corrected chi connectivity index (χ0v) is 26.1. The third-order valence-corrected chi connectivity index (χ3v) is 8.29. The van der Waals surface area contributed by atoms with Gasteiger partial charge < -0.3 is 20.7 Å². The van der Waals surface area contributed by atoms with E-state index in [0.29, 0.717) is 11.4 Å². The molecule has 2 aromatic heterocycles. The van der Waals surface area contributed by atoms with Crippen molar-refractivity contribution in [2.75, 3.05) is 24.7 Å². The predicted molar refractivity (Wildman–Crippen MR) is 178 cm³/mol. The normalized spacial score (nSPS) is 11.0. The fourth-order valence-corrected chi connectivity index (χ4v) is 5.94. The Labute approximate surface area is 268 Å². The standard InChI is InChI=1S/C32H29FN4O4S3/c1-39-41-43-16-15-34-20-22-7-9-23(10-8-22)29-19-26-31(44-29)28(13-14-35-26)40-27-12-11-24(18-25(27)33)36-32(42)37-30(38)17-21-5-3-2-4-6-21/h2-14,18-19,34H,15-17,20H2,1H3,(H2,36,37,38,42). The lowest BCUT2D eigenvalue weighted by Crippen LogP contribution is -2.35. The summed E-state index contributed by atoms with van der Waals surface area (Å²) >= 11 is 8.02. The number of nitrogens with one attached hydrogen (secondary N) is 3. The second kappa shape index (κ2) is 15.7. The van der Waals surface area contributed by atoms with Crippen molar-refractivity contribution in [2.24, 2.45) is 0 Å². The predicted octanol–water partition coefficient (Wildman–Crippen LogP) is 7.27. The first-order valence-corrected chi connectivity index (χ1v) is 15.7. The molecule has 0 aliphatic carbocycles. The van der Waals surface area contributed by atoms with Gasteiger partial charge in [-0.25, -0.2) is 9.28 Å². The molecule has 0 radical (unpaired) electrons. The lowest BCUT2D eigenvalue weighted by molar-refractivity contribution is -0.160. The lowest BCUT2D eigenvalue weighted by atomic mass is 10.1. The molecule has 12 heteroatoms. The number of amides is 1. The van der Waals surface area contributed by atoms with E-state index in [2.05, 4.69) is 50.1 Å². The summed E-state index contributed by atoms with van der Waals surface area (Å²) < 4.78 is 26.7. The van der Waals surface area contributed by atoms with Gasteiger partial charge in [0.15, 0.2) is 16.7 Å². The lowest BCUT2D eigenvalue weighted by Gasteiger charge is -2.12. The molecular weight excluding hydrogens is 620 g/mol. The van der Waals surface area contributed by atoms with Gasteiger partial charge in [-0.15, -0.1) is 11.3 Å². The molecule has 3 aromatic carbocycles. The minimum atomic E-state index is -0.579. The number of ether oxygens (including phenoxy) is 1. The Bertz CT molecular complexity index is 1720. The topological polar surface area (TPSA) is 93.7 Å². The van der Waals surface area contributed by atoms with Crippen molar-refractivity contribution in [3.63, 3.8) is 0 Å². The number of anilines is 1. The molecule has 44 heavy (non-hydrogen) atoms. The van der Waals surface area contributed by atoms with Crippen LogP contribution in [0, 0.1) is 5.82 Å². The summed E-state index contributed by atoms with van der Waals surface area (Å²) in [5.41, 5.74) is 4.24. The highest BCUT2D eigenvalue weighted by Crippen LogP contribution is 2.39. The highest BCUT2D eigenvalue weighted by molar-refractivity contribution is 7.94. The molecule has 1 amide bonds. The SMILES string of the molecule is COOSCCNCc1ccc(-c2cc3nccc(Oc4ccc(NC(=S)NC(=O)Cc5ccccc5)cc4F)c3s2)cc1. The first-order chi connectivity index (χ1) is 21.5. The Kier molecular flexibility index (Phi) is 11.2. The molecule has 0 fully saturated rings. The number of halogens is 1. The monoisotopic (exact) mass is 648 g/mol. The van der Waals surface area contributed by atoms with E-state index >= 15 is 4.39 Å². The van der Waals surface area contributed by atoms with Crippen LogP contribution < -0.4 is 20.7 Å². The van der Waals surface area contributed by atoms with Gasteiger partial charge >= 0.3 is 0 Å². The van der Waals surface area contributed by atoms with Crippen molar-refractivity contribution < 1.29 is 23.1 Å². The van der Waals surface area contributed by atoms with Crippen molar-refractivity contribution in [2.45, 2.75) is 13.0 Å². The number of rotatable bonds is 13. The van der Waals surface area contributed by atoms with Crippen LogP contribution >= 0.6 is 35.6 Å². The Morgan fingerprint density at radius 3 is 2.59 bits per heavy atom. The molecule has 0 aliphatic rings. The number of nitrogens with zero attached hydrogens (tertiary/aromatic N) is 1. The number of thiophene rings is 1. The maximum Gasteiger partial charge on any atom is 0.230 e. The van der Waals surface area contributed by atoms with E-state index in [1.807, 2.05) is 36.4 Å². The smallest absolute Gasteiger partial charge is 0.230 e. The summed E-state index contributed by atoms with van der Waals surface area (Å²) in [5.74, 6) is 0.494. The van der Waals surface area contributed by atoms with Crippen molar-refractivity contribution in [1.29, 1.82) is 0 Å². The molecule has 0 bridgehead atoms. The third-order valence-electron chi connectivity index (χ3n) is 6.29. The van der Waals surface area contributed by atoms with Gasteiger partial charge in [0, 0.05) is 59.8 Å². The Morgan fingerprint density at radius 2 is 1.82 bits per heavy atom. The Balaban J connectivity index is 1.19. The highest BCUT2D eigenvalue weighted by atomic mass is 32.2. The summed E-state index contributed by atoms with van der Waals surface area (Å²) in [5, 5.41) is 8.91. The fraction of sp³-hybridized carbons (Fsp3) is 0.156. The molecule has 5 aromatic rings. The zero-order valence-electron chi connectivity index (χ0n) is 23.7. The van der Waals surface area contributed by atoms with Crippen LogP contribution in [0.3, 0.4) is 0 Å². The maximum absolute atomic E-state index is 15.1. The van der Waals surface area contributed by atoms with Crippen LogP contribution in [0.4, 0.5) is 10.1 Å². The number of pyridine rings is 1. The van der Waals surface area contributed by atoms with Gasteiger partial charge in [-0.1, -0.05) is 54.6 Å². The van der Waals surface area contributed by atoms with E-state index in [1.54, 1.807) is 18.3 Å². The molecule has 226 valence electrons. The van der Waals surface area contributed by atoms with Gasteiger partial charge in [0.2, 0.25) is 5.91 Å². The maximum atomic E-state index is 15.1. The van der Waals surface area contributed by atoms with Crippen LogP contribution in [0.2, 0.25) is 0 Å². The molecule has 8 nitrogen and oxygen atoms in total. The van der Waals surface area contributed by atoms with Gasteiger partial charge in [-0.05, 0) is 47.1 Å². The van der Waals surface area contributed by atoms with E-state index < -0.39 is 5.82 Å². The van der Waals surface area contributed by atoms with Gasteiger partial charge in [0.05, 0.1) is 23.7 Å². The van der Waals surface area contributed by atoms with E-state index in [0.717, 1.165) is 45.1 Å². The van der Waals surface area contributed by atoms with Crippen LogP contribution in [0.5, 0.6) is 11.5 Å². The van der Waals surface area contributed by atoms with Crippen LogP contribution in [0.25, 0.3) is 20.7 Å². The largest absolute Gasteiger partial charge is 0.453 e. The molecule has 0 spiro atoms. The second-order valence-electron chi connectivity index (χ2n) is 9.48. The molecule has 0 saturated heterocycles. The van der Waals surface area contributed by atoms with E-state index in [4.69, 9.17) is 21.3 Å². The second-order valence-corrected chi connectivity index (χ2v) is 11.7. The quantitative estimate of drug-likeness (QED) is 0.0401. The number of hydrogen-bond donors (Lipinski definition) is 3. The van der Waals surface area contributed by atoms with E-state index in [1.165, 1.54) is 48.2 Å². The minimum absolute atomic E-state index is 0.0565. The van der Waals surface area contributed by atoms with Crippen LogP contribution in [-0.4, -0.2) is 35.4 Å². The average Bonchev–Trinajstić information content (AvgIpc) is 3.46. The number of benzene rings is 3. The number of hydrogen-bond acceptors (Lipinski definition) is 9. The van der Waals surface area contributed by atoms with Crippen molar-refractivity contribution in [3.05, 3.63) is 108 Å². The Hall–Kier alpha value is -3.91. The van der Waals surface area contributed by atoms with Gasteiger partial charge in [-0.3, -0.25) is 9.78 Å². The molecule has 3 N–H and O–H groups in total. The molecule has 2 heterocycles. The fourth-order valence-electron chi connectivity index (χ4n) is 4.25. The number of aromatic nitrogens is 1. The van der Waals surface area contributed by atoms with Gasteiger partial charge in [0.25, 0.3) is 0 Å². The average molecular weight is 649 g/mol. The number of carbonyl (C=O) groups excluding carboxylic acids is 1. The first kappa shape index (κ1) is 31.5. The molecule has 0 unspecified atom stereocenters. The van der Waals surface area contributed by atoms with Crippen molar-refractivity contribution in [1.82, 2.24) is 15.6 Å². The zero-order chi connectivity index (χ0) is 30.7.